The Bertz CT molecular complexity index is 671. The molecule has 0 saturated heterocycles. The van der Waals surface area contributed by atoms with Gasteiger partial charge in [0.15, 0.2) is 5.82 Å². The quantitative estimate of drug-likeness (QED) is 0.883. The summed E-state index contributed by atoms with van der Waals surface area (Å²) in [6.45, 7) is 0. The third-order valence-electron chi connectivity index (χ3n) is 2.50. The number of alkyl halides is 3. The number of hydrogen-bond acceptors (Lipinski definition) is 4. The van der Waals surface area contributed by atoms with Crippen molar-refractivity contribution in [2.24, 2.45) is 0 Å². The fourth-order valence-electron chi connectivity index (χ4n) is 1.53. The second kappa shape index (κ2) is 4.80. The molecule has 0 aliphatic rings. The van der Waals surface area contributed by atoms with Gasteiger partial charge in [0.05, 0.1) is 5.56 Å². The van der Waals surface area contributed by atoms with Crippen LogP contribution in [0.4, 0.5) is 19.0 Å². The average Bonchev–Trinajstić information content (AvgIpc) is 2.37. The molecule has 1 heterocycles. The zero-order valence-electron chi connectivity index (χ0n) is 9.85. The lowest BCUT2D eigenvalue weighted by molar-refractivity contribution is -0.137. The van der Waals surface area contributed by atoms with E-state index in [0.717, 1.165) is 18.3 Å². The van der Waals surface area contributed by atoms with Crippen molar-refractivity contribution in [2.45, 2.75) is 6.18 Å². The van der Waals surface area contributed by atoms with Gasteiger partial charge in [0.2, 0.25) is 0 Å². The van der Waals surface area contributed by atoms with E-state index in [0.29, 0.717) is 0 Å². The van der Waals surface area contributed by atoms with Gasteiger partial charge in [0.1, 0.15) is 11.4 Å². The Morgan fingerprint density at radius 3 is 2.55 bits per heavy atom. The second-order valence-electron chi connectivity index (χ2n) is 3.88. The number of rotatable bonds is 2. The number of aromatic carboxylic acids is 1. The van der Waals surface area contributed by atoms with Gasteiger partial charge in [-0.2, -0.15) is 13.2 Å². The van der Waals surface area contributed by atoms with Crippen molar-refractivity contribution in [2.75, 3.05) is 5.73 Å². The number of aromatic nitrogens is 2. The van der Waals surface area contributed by atoms with Crippen molar-refractivity contribution in [3.63, 3.8) is 0 Å². The number of carboxylic acid groups (broad SMARTS) is 1. The average molecular weight is 283 g/mol. The molecule has 20 heavy (non-hydrogen) atoms. The highest BCUT2D eigenvalue weighted by atomic mass is 19.4. The number of nitrogens with two attached hydrogens (primary N) is 1. The molecule has 0 saturated carbocycles. The minimum Gasteiger partial charge on any atom is -0.477 e. The number of carboxylic acids is 1. The topological polar surface area (TPSA) is 89.1 Å². The number of nitrogens with zero attached hydrogens (tertiary/aromatic N) is 2. The fraction of sp³-hybridized carbons (Fsp3) is 0.0833. The first kappa shape index (κ1) is 13.8. The number of carbonyl (C=O) groups is 1. The molecule has 2 aromatic rings. The van der Waals surface area contributed by atoms with Crippen molar-refractivity contribution in [1.29, 1.82) is 0 Å². The van der Waals surface area contributed by atoms with Crippen LogP contribution >= 0.6 is 0 Å². The fourth-order valence-corrected chi connectivity index (χ4v) is 1.53. The number of anilines is 1. The minimum absolute atomic E-state index is 0.0707. The van der Waals surface area contributed by atoms with E-state index in [2.05, 4.69) is 9.97 Å². The van der Waals surface area contributed by atoms with Crippen LogP contribution in [0.2, 0.25) is 0 Å². The number of nitrogen functional groups attached to an aromatic ring is 1. The highest BCUT2D eigenvalue weighted by Gasteiger charge is 2.30. The summed E-state index contributed by atoms with van der Waals surface area (Å²) in [7, 11) is 0. The van der Waals surface area contributed by atoms with E-state index in [1.54, 1.807) is 0 Å². The predicted octanol–water partition coefficient (Wildman–Crippen LogP) is 2.44. The molecular weight excluding hydrogens is 275 g/mol. The molecule has 0 atom stereocenters. The van der Waals surface area contributed by atoms with Crippen LogP contribution < -0.4 is 5.73 Å². The van der Waals surface area contributed by atoms with Crippen LogP contribution in [0.1, 0.15) is 15.9 Å². The standard InChI is InChI=1S/C12H8F3N3O2/c13-12(14,15)7-3-1-2-6(4-7)10-17-5-8(11(19)20)9(16)18-10/h1-5H,(H,19,20)(H2,16,17,18). The highest BCUT2D eigenvalue weighted by Crippen LogP contribution is 2.31. The first-order chi connectivity index (χ1) is 9.29. The molecule has 0 spiro atoms. The number of halogens is 3. The Morgan fingerprint density at radius 1 is 1.30 bits per heavy atom. The zero-order valence-corrected chi connectivity index (χ0v) is 9.85. The summed E-state index contributed by atoms with van der Waals surface area (Å²) >= 11 is 0. The molecule has 0 fully saturated rings. The van der Waals surface area contributed by atoms with E-state index in [1.165, 1.54) is 12.1 Å². The Hall–Kier alpha value is -2.64. The highest BCUT2D eigenvalue weighted by molar-refractivity contribution is 5.92. The van der Waals surface area contributed by atoms with Gasteiger partial charge < -0.3 is 10.8 Å². The van der Waals surface area contributed by atoms with Crippen molar-refractivity contribution < 1.29 is 23.1 Å². The maximum Gasteiger partial charge on any atom is 0.416 e. The molecule has 0 bridgehead atoms. The molecule has 0 radical (unpaired) electrons. The Kier molecular flexibility index (Phi) is 3.31. The van der Waals surface area contributed by atoms with Gasteiger partial charge in [-0.25, -0.2) is 14.8 Å². The molecule has 0 amide bonds. The van der Waals surface area contributed by atoms with E-state index < -0.39 is 17.7 Å². The Morgan fingerprint density at radius 2 is 2.00 bits per heavy atom. The maximum absolute atomic E-state index is 12.6. The molecular formula is C12H8F3N3O2. The van der Waals surface area contributed by atoms with Crippen LogP contribution in [0.3, 0.4) is 0 Å². The molecule has 1 aromatic heterocycles. The van der Waals surface area contributed by atoms with Crippen LogP contribution in [-0.4, -0.2) is 21.0 Å². The first-order valence-corrected chi connectivity index (χ1v) is 5.32. The number of hydrogen-bond donors (Lipinski definition) is 2. The summed E-state index contributed by atoms with van der Waals surface area (Å²) in [6, 6.07) is 4.38. The molecule has 3 N–H and O–H groups in total. The summed E-state index contributed by atoms with van der Waals surface area (Å²) in [4.78, 5) is 18.2. The summed E-state index contributed by atoms with van der Waals surface area (Å²) in [5.74, 6) is -1.68. The molecule has 0 unspecified atom stereocenters. The van der Waals surface area contributed by atoms with Gasteiger partial charge in [-0.1, -0.05) is 12.1 Å². The van der Waals surface area contributed by atoms with E-state index >= 15 is 0 Å². The van der Waals surface area contributed by atoms with Crippen molar-refractivity contribution in [1.82, 2.24) is 9.97 Å². The third kappa shape index (κ3) is 2.68. The normalized spacial score (nSPS) is 11.3. The monoisotopic (exact) mass is 283 g/mol. The second-order valence-corrected chi connectivity index (χ2v) is 3.88. The SMILES string of the molecule is Nc1nc(-c2cccc(C(F)(F)F)c2)ncc1C(=O)O. The lowest BCUT2D eigenvalue weighted by Gasteiger charge is -2.08. The van der Waals surface area contributed by atoms with Gasteiger partial charge in [-0.15, -0.1) is 0 Å². The van der Waals surface area contributed by atoms with Crippen molar-refractivity contribution in [3.8, 4) is 11.4 Å². The summed E-state index contributed by atoms with van der Waals surface area (Å²) in [5, 5.41) is 8.77. The van der Waals surface area contributed by atoms with Gasteiger partial charge in [0, 0.05) is 11.8 Å². The van der Waals surface area contributed by atoms with Crippen LogP contribution in [-0.2, 0) is 6.18 Å². The van der Waals surface area contributed by atoms with Crippen LogP contribution in [0.15, 0.2) is 30.5 Å². The molecule has 0 aliphatic heterocycles. The summed E-state index contributed by atoms with van der Waals surface area (Å²) in [6.07, 6.45) is -3.52. The van der Waals surface area contributed by atoms with Crippen molar-refractivity contribution in [3.05, 3.63) is 41.6 Å². The molecule has 2 rings (SSSR count). The lowest BCUT2D eigenvalue weighted by Crippen LogP contribution is -2.07. The number of benzene rings is 1. The smallest absolute Gasteiger partial charge is 0.416 e. The van der Waals surface area contributed by atoms with E-state index in [9.17, 15) is 18.0 Å². The minimum atomic E-state index is -4.48. The van der Waals surface area contributed by atoms with Gasteiger partial charge in [-0.05, 0) is 12.1 Å². The molecule has 1 aromatic carbocycles. The largest absolute Gasteiger partial charge is 0.477 e. The zero-order chi connectivity index (χ0) is 14.9. The molecule has 104 valence electrons. The van der Waals surface area contributed by atoms with Gasteiger partial charge in [-0.3, -0.25) is 0 Å². The van der Waals surface area contributed by atoms with E-state index in [1.807, 2.05) is 0 Å². The third-order valence-corrected chi connectivity index (χ3v) is 2.50. The van der Waals surface area contributed by atoms with Gasteiger partial charge in [0.25, 0.3) is 0 Å². The Labute approximate surface area is 110 Å². The molecule has 5 nitrogen and oxygen atoms in total. The predicted molar refractivity (Wildman–Crippen MR) is 63.8 cm³/mol. The van der Waals surface area contributed by atoms with Crippen LogP contribution in [0.25, 0.3) is 11.4 Å². The summed E-state index contributed by atoms with van der Waals surface area (Å²) in [5.41, 5.74) is 4.38. The summed E-state index contributed by atoms with van der Waals surface area (Å²) < 4.78 is 37.8. The van der Waals surface area contributed by atoms with E-state index in [4.69, 9.17) is 10.8 Å². The Balaban J connectivity index is 2.47. The van der Waals surface area contributed by atoms with E-state index in [-0.39, 0.29) is 22.8 Å². The maximum atomic E-state index is 12.6. The molecule has 0 aliphatic carbocycles. The van der Waals surface area contributed by atoms with Crippen molar-refractivity contribution >= 4 is 11.8 Å². The van der Waals surface area contributed by atoms with Crippen LogP contribution in [0, 0.1) is 0 Å². The van der Waals surface area contributed by atoms with Gasteiger partial charge >= 0.3 is 12.1 Å². The van der Waals surface area contributed by atoms with Crippen LogP contribution in [0.5, 0.6) is 0 Å². The first-order valence-electron chi connectivity index (χ1n) is 5.32. The molecule has 8 heteroatoms. The lowest BCUT2D eigenvalue weighted by atomic mass is 10.1.